The Morgan fingerprint density at radius 2 is 2.07 bits per heavy atom. The molecule has 0 spiro atoms. The zero-order chi connectivity index (χ0) is 9.10. The molecular formula is C10H11ClN2O. The molecular weight excluding hydrogens is 200 g/mol. The van der Waals surface area contributed by atoms with Crippen LogP contribution >= 0.6 is 12.4 Å². The van der Waals surface area contributed by atoms with Gasteiger partial charge in [-0.1, -0.05) is 18.2 Å². The van der Waals surface area contributed by atoms with Crippen LogP contribution in [-0.2, 0) is 6.42 Å². The number of benzene rings is 1. The lowest BCUT2D eigenvalue weighted by Gasteiger charge is -2.00. The molecule has 14 heavy (non-hydrogen) atoms. The molecule has 1 aromatic heterocycles. The van der Waals surface area contributed by atoms with E-state index < -0.39 is 0 Å². The third-order valence-corrected chi connectivity index (χ3v) is 1.90. The van der Waals surface area contributed by atoms with Crippen LogP contribution in [0.5, 0.6) is 5.75 Å². The van der Waals surface area contributed by atoms with E-state index in [1.165, 1.54) is 0 Å². The Balaban J connectivity index is 0.000000980. The maximum absolute atomic E-state index is 9.47. The number of aromatic nitrogens is 2. The van der Waals surface area contributed by atoms with E-state index in [2.05, 4.69) is 9.97 Å². The number of aromatic hydroxyl groups is 1. The summed E-state index contributed by atoms with van der Waals surface area (Å²) in [7, 11) is 0. The molecule has 0 atom stereocenters. The summed E-state index contributed by atoms with van der Waals surface area (Å²) in [5.74, 6) is 1.18. The highest BCUT2D eigenvalue weighted by Crippen LogP contribution is 2.17. The van der Waals surface area contributed by atoms with E-state index in [1.54, 1.807) is 24.5 Å². The fraction of sp³-hybridized carbons (Fsp3) is 0.100. The summed E-state index contributed by atoms with van der Waals surface area (Å²) in [5.41, 5.74) is 0.887. The Hall–Kier alpha value is -1.48. The number of halogens is 1. The lowest BCUT2D eigenvalue weighted by atomic mass is 10.1. The third kappa shape index (κ3) is 2.26. The minimum atomic E-state index is 0. The topological polar surface area (TPSA) is 48.9 Å². The molecule has 0 amide bonds. The second kappa shape index (κ2) is 4.67. The molecule has 2 aromatic rings. The fourth-order valence-electron chi connectivity index (χ4n) is 1.24. The van der Waals surface area contributed by atoms with Gasteiger partial charge in [-0.05, 0) is 6.07 Å². The van der Waals surface area contributed by atoms with Gasteiger partial charge in [0.05, 0.1) is 0 Å². The van der Waals surface area contributed by atoms with E-state index in [9.17, 15) is 5.11 Å². The summed E-state index contributed by atoms with van der Waals surface area (Å²) in [4.78, 5) is 7.08. The Bertz CT molecular complexity index is 387. The van der Waals surface area contributed by atoms with Crippen molar-refractivity contribution in [3.8, 4) is 5.75 Å². The first-order chi connectivity index (χ1) is 6.36. The summed E-state index contributed by atoms with van der Waals surface area (Å²) in [6.07, 6.45) is 4.12. The maximum Gasteiger partial charge on any atom is 0.119 e. The quantitative estimate of drug-likeness (QED) is 0.798. The van der Waals surface area contributed by atoms with E-state index in [1.807, 2.05) is 12.1 Å². The molecule has 0 fully saturated rings. The molecule has 4 heteroatoms. The van der Waals surface area contributed by atoms with E-state index in [0.717, 1.165) is 11.4 Å². The standard InChI is InChI=1S/C10H10N2O.ClH/c13-9-4-2-1-3-8(9)7-10-11-5-6-12-10;/h1-6,13H,7H2,(H,11,12);1H. The van der Waals surface area contributed by atoms with Gasteiger partial charge in [0, 0.05) is 24.4 Å². The number of H-pyrrole nitrogens is 1. The number of hydrogen-bond donors (Lipinski definition) is 2. The maximum atomic E-state index is 9.47. The molecule has 2 N–H and O–H groups in total. The highest BCUT2D eigenvalue weighted by molar-refractivity contribution is 5.85. The average Bonchev–Trinajstić information content (AvgIpc) is 2.61. The first-order valence-electron chi connectivity index (χ1n) is 4.11. The van der Waals surface area contributed by atoms with Crippen LogP contribution in [0.1, 0.15) is 11.4 Å². The number of nitrogens with zero attached hydrogens (tertiary/aromatic N) is 1. The molecule has 0 saturated heterocycles. The van der Waals surface area contributed by atoms with Crippen LogP contribution in [0.25, 0.3) is 0 Å². The van der Waals surface area contributed by atoms with Gasteiger partial charge in [-0.2, -0.15) is 0 Å². The van der Waals surface area contributed by atoms with Crippen molar-refractivity contribution in [3.05, 3.63) is 48.0 Å². The van der Waals surface area contributed by atoms with E-state index in [4.69, 9.17) is 0 Å². The summed E-state index contributed by atoms with van der Waals surface area (Å²) in [6.45, 7) is 0. The van der Waals surface area contributed by atoms with Crippen LogP contribution in [0.2, 0.25) is 0 Å². The summed E-state index contributed by atoms with van der Waals surface area (Å²) >= 11 is 0. The Morgan fingerprint density at radius 3 is 2.71 bits per heavy atom. The minimum absolute atomic E-state index is 0. The highest BCUT2D eigenvalue weighted by Gasteiger charge is 2.01. The average molecular weight is 211 g/mol. The van der Waals surface area contributed by atoms with Crippen molar-refractivity contribution in [1.29, 1.82) is 0 Å². The smallest absolute Gasteiger partial charge is 0.119 e. The number of phenols is 1. The second-order valence-electron chi connectivity index (χ2n) is 2.84. The lowest BCUT2D eigenvalue weighted by Crippen LogP contribution is -1.90. The molecule has 2 rings (SSSR count). The van der Waals surface area contributed by atoms with Gasteiger partial charge in [-0.25, -0.2) is 4.98 Å². The monoisotopic (exact) mass is 210 g/mol. The van der Waals surface area contributed by atoms with Crippen LogP contribution < -0.4 is 0 Å². The summed E-state index contributed by atoms with van der Waals surface area (Å²) in [6, 6.07) is 7.27. The Morgan fingerprint density at radius 1 is 1.29 bits per heavy atom. The number of phenolic OH excluding ortho intramolecular Hbond substituents is 1. The number of para-hydroxylation sites is 1. The van der Waals surface area contributed by atoms with E-state index >= 15 is 0 Å². The van der Waals surface area contributed by atoms with Gasteiger partial charge in [0.1, 0.15) is 11.6 Å². The predicted molar refractivity (Wildman–Crippen MR) is 56.7 cm³/mol. The fourth-order valence-corrected chi connectivity index (χ4v) is 1.24. The van der Waals surface area contributed by atoms with Gasteiger partial charge >= 0.3 is 0 Å². The molecule has 0 aliphatic rings. The van der Waals surface area contributed by atoms with Crippen molar-refractivity contribution in [3.63, 3.8) is 0 Å². The van der Waals surface area contributed by atoms with Gasteiger partial charge in [0.2, 0.25) is 0 Å². The van der Waals surface area contributed by atoms with Crippen molar-refractivity contribution in [2.24, 2.45) is 0 Å². The third-order valence-electron chi connectivity index (χ3n) is 1.90. The molecule has 74 valence electrons. The normalized spacial score (nSPS) is 9.43. The number of rotatable bonds is 2. The number of aromatic amines is 1. The zero-order valence-electron chi connectivity index (χ0n) is 7.47. The molecule has 0 aliphatic carbocycles. The molecule has 0 radical (unpaired) electrons. The van der Waals surface area contributed by atoms with Gasteiger partial charge < -0.3 is 10.1 Å². The largest absolute Gasteiger partial charge is 0.508 e. The number of nitrogens with one attached hydrogen (secondary N) is 1. The molecule has 0 unspecified atom stereocenters. The van der Waals surface area contributed by atoms with E-state index in [-0.39, 0.29) is 12.4 Å². The van der Waals surface area contributed by atoms with Crippen molar-refractivity contribution in [2.45, 2.75) is 6.42 Å². The SMILES string of the molecule is Cl.Oc1ccccc1Cc1ncc[nH]1. The van der Waals surface area contributed by atoms with Crippen LogP contribution in [0.3, 0.4) is 0 Å². The lowest BCUT2D eigenvalue weighted by molar-refractivity contribution is 0.469. The number of hydrogen-bond acceptors (Lipinski definition) is 2. The number of imidazole rings is 1. The van der Waals surface area contributed by atoms with Crippen LogP contribution in [0.15, 0.2) is 36.7 Å². The predicted octanol–water partition coefficient (Wildman–Crippen LogP) is 2.13. The van der Waals surface area contributed by atoms with Crippen molar-refractivity contribution < 1.29 is 5.11 Å². The Labute approximate surface area is 88.2 Å². The van der Waals surface area contributed by atoms with Crippen molar-refractivity contribution in [2.75, 3.05) is 0 Å². The van der Waals surface area contributed by atoms with E-state index in [0.29, 0.717) is 12.2 Å². The molecule has 1 heterocycles. The minimum Gasteiger partial charge on any atom is -0.508 e. The van der Waals surface area contributed by atoms with Gasteiger partial charge in [0.15, 0.2) is 0 Å². The molecule has 0 saturated carbocycles. The van der Waals surface area contributed by atoms with Crippen LogP contribution in [0, 0.1) is 0 Å². The van der Waals surface area contributed by atoms with Gasteiger partial charge in [-0.15, -0.1) is 12.4 Å². The Kier molecular flexibility index (Phi) is 3.54. The first-order valence-corrected chi connectivity index (χ1v) is 4.11. The summed E-state index contributed by atoms with van der Waals surface area (Å²) in [5, 5.41) is 9.47. The van der Waals surface area contributed by atoms with Crippen molar-refractivity contribution >= 4 is 12.4 Å². The molecule has 3 nitrogen and oxygen atoms in total. The first kappa shape index (κ1) is 10.6. The zero-order valence-corrected chi connectivity index (χ0v) is 8.29. The van der Waals surface area contributed by atoms with Crippen molar-refractivity contribution in [1.82, 2.24) is 9.97 Å². The van der Waals surface area contributed by atoms with Gasteiger partial charge in [0.25, 0.3) is 0 Å². The molecule has 0 aliphatic heterocycles. The molecule has 0 bridgehead atoms. The highest BCUT2D eigenvalue weighted by atomic mass is 35.5. The second-order valence-corrected chi connectivity index (χ2v) is 2.84. The van der Waals surface area contributed by atoms with Gasteiger partial charge in [-0.3, -0.25) is 0 Å². The van der Waals surface area contributed by atoms with Crippen LogP contribution in [-0.4, -0.2) is 15.1 Å². The summed E-state index contributed by atoms with van der Waals surface area (Å²) < 4.78 is 0. The molecule has 1 aromatic carbocycles. The van der Waals surface area contributed by atoms with Crippen LogP contribution in [0.4, 0.5) is 0 Å².